The van der Waals surface area contributed by atoms with Gasteiger partial charge in [-0.25, -0.2) is 9.18 Å². The summed E-state index contributed by atoms with van der Waals surface area (Å²) in [6, 6.07) is 1.38. The molecular weight excluding hydrogens is 413 g/mol. The van der Waals surface area contributed by atoms with Crippen LogP contribution in [-0.4, -0.2) is 46.4 Å². The second-order valence-corrected chi connectivity index (χ2v) is 13.7. The van der Waals surface area contributed by atoms with E-state index in [2.05, 4.69) is 20.9 Å². The Morgan fingerprint density at radius 3 is 2.64 bits per heavy atom. The van der Waals surface area contributed by atoms with Crippen molar-refractivity contribution in [3.05, 3.63) is 22.7 Å². The number of hydrogen-bond acceptors (Lipinski definition) is 6. The summed E-state index contributed by atoms with van der Waals surface area (Å²) < 4.78 is 26.2. The van der Waals surface area contributed by atoms with Crippen LogP contribution in [0.2, 0.25) is 18.1 Å². The molecule has 3 N–H and O–H groups in total. The molecule has 0 unspecified atom stereocenters. The number of aromatic nitrogens is 2. The first kappa shape index (κ1) is 20.5. The molecule has 0 amide bonds. The molecule has 142 valence electrons. The number of nitrogens with two attached hydrogens (primary N) is 1. The van der Waals surface area contributed by atoms with E-state index < -0.39 is 43.6 Å². The average Bonchev–Trinajstić information content (AvgIpc) is 2.69. The van der Waals surface area contributed by atoms with E-state index in [4.69, 9.17) is 14.9 Å². The van der Waals surface area contributed by atoms with Gasteiger partial charge >= 0.3 is 5.69 Å². The van der Waals surface area contributed by atoms with Crippen molar-refractivity contribution in [3.8, 4) is 0 Å². The Morgan fingerprint density at radius 2 is 2.16 bits per heavy atom. The minimum Gasteiger partial charge on any atom is -0.407 e. The second-order valence-electron chi connectivity index (χ2n) is 7.73. The van der Waals surface area contributed by atoms with Gasteiger partial charge in [-0.05, 0) is 40.1 Å². The molecule has 1 aromatic rings. The fourth-order valence-corrected chi connectivity index (χ4v) is 4.56. The molecule has 10 heteroatoms. The number of hydrogen-bond donors (Lipinski definition) is 2. The van der Waals surface area contributed by atoms with Crippen LogP contribution in [0.15, 0.2) is 17.1 Å². The smallest absolute Gasteiger partial charge is 0.351 e. The number of ether oxygens (including phenoxy) is 1. The fourth-order valence-electron chi connectivity index (χ4n) is 2.36. The number of anilines is 1. The minimum atomic E-state index is -2.35. The van der Waals surface area contributed by atoms with Gasteiger partial charge in [0.2, 0.25) is 4.58 Å². The molecule has 0 saturated carbocycles. The Balaban J connectivity index is 2.41. The van der Waals surface area contributed by atoms with Crippen molar-refractivity contribution in [1.29, 1.82) is 0 Å². The molecule has 1 aromatic heterocycles. The Bertz CT molecular complexity index is 692. The molecule has 2 heterocycles. The van der Waals surface area contributed by atoms with E-state index in [9.17, 15) is 9.90 Å². The molecular formula is C15H25BrFN3O4Si. The molecule has 0 aromatic carbocycles. The predicted molar refractivity (Wildman–Crippen MR) is 98.7 cm³/mol. The van der Waals surface area contributed by atoms with Gasteiger partial charge in [-0.3, -0.25) is 4.57 Å². The lowest BCUT2D eigenvalue weighted by atomic mass is 10.1. The topological polar surface area (TPSA) is 99.6 Å². The van der Waals surface area contributed by atoms with Gasteiger partial charge in [0, 0.05) is 6.20 Å². The number of nitrogens with zero attached hydrogens (tertiary/aromatic N) is 2. The second kappa shape index (κ2) is 6.73. The van der Waals surface area contributed by atoms with Gasteiger partial charge in [-0.1, -0.05) is 20.8 Å². The van der Waals surface area contributed by atoms with Gasteiger partial charge in [-0.2, -0.15) is 4.98 Å². The third-order valence-electron chi connectivity index (χ3n) is 4.86. The summed E-state index contributed by atoms with van der Waals surface area (Å²) in [4.78, 5) is 15.7. The summed E-state index contributed by atoms with van der Waals surface area (Å²) in [7, 11) is -2.35. The third kappa shape index (κ3) is 3.82. The maximum atomic E-state index is 15.6. The van der Waals surface area contributed by atoms with Crippen molar-refractivity contribution in [2.45, 2.75) is 61.9 Å². The lowest BCUT2D eigenvalue weighted by Crippen LogP contribution is -2.51. The van der Waals surface area contributed by atoms with Crippen LogP contribution in [0.1, 0.15) is 27.0 Å². The Hall–Kier alpha value is -0.813. The van der Waals surface area contributed by atoms with E-state index in [1.807, 2.05) is 33.9 Å². The highest BCUT2D eigenvalue weighted by molar-refractivity contribution is 9.10. The summed E-state index contributed by atoms with van der Waals surface area (Å²) in [5, 5.41) is 9.49. The Labute approximate surface area is 155 Å². The number of aliphatic hydroxyl groups excluding tert-OH is 1. The van der Waals surface area contributed by atoms with E-state index in [-0.39, 0.29) is 10.9 Å². The Kier molecular flexibility index (Phi) is 5.52. The van der Waals surface area contributed by atoms with Crippen LogP contribution < -0.4 is 11.4 Å². The minimum absolute atomic E-state index is 0.0334. The number of nitrogen functional groups attached to an aromatic ring is 1. The lowest BCUT2D eigenvalue weighted by Gasteiger charge is -2.40. The van der Waals surface area contributed by atoms with E-state index in [0.717, 1.165) is 4.57 Å². The molecule has 1 aliphatic heterocycles. The number of alkyl halides is 2. The molecule has 4 atom stereocenters. The van der Waals surface area contributed by atoms with Crippen LogP contribution >= 0.6 is 15.9 Å². The number of rotatable bonds is 4. The summed E-state index contributed by atoms with van der Waals surface area (Å²) in [5.74, 6) is 0.0334. The Morgan fingerprint density at radius 1 is 1.56 bits per heavy atom. The summed E-state index contributed by atoms with van der Waals surface area (Å²) in [5.41, 5.74) is 4.74. The maximum Gasteiger partial charge on any atom is 0.351 e. The molecule has 0 radical (unpaired) electrons. The van der Waals surface area contributed by atoms with Crippen LogP contribution in [0.25, 0.3) is 0 Å². The van der Waals surface area contributed by atoms with Crippen molar-refractivity contribution in [2.24, 2.45) is 0 Å². The normalized spacial score (nSPS) is 30.6. The van der Waals surface area contributed by atoms with E-state index in [0.29, 0.717) is 0 Å². The van der Waals surface area contributed by atoms with Gasteiger partial charge in [-0.15, -0.1) is 0 Å². The highest BCUT2D eigenvalue weighted by atomic mass is 79.9. The molecule has 0 aliphatic carbocycles. The molecule has 1 aliphatic rings. The van der Waals surface area contributed by atoms with Crippen molar-refractivity contribution in [3.63, 3.8) is 0 Å². The van der Waals surface area contributed by atoms with Gasteiger partial charge in [0.15, 0.2) is 14.5 Å². The van der Waals surface area contributed by atoms with Crippen LogP contribution in [0, 0.1) is 0 Å². The SMILES string of the molecule is CC(C)(C)[Si](C)(C)O[C@@H]1[C@@H](CO)O[C@@H](n2ccc(N)nc2=O)[C@@]1(F)Br. The quantitative estimate of drug-likeness (QED) is 0.552. The largest absolute Gasteiger partial charge is 0.407 e. The first-order valence-electron chi connectivity index (χ1n) is 7.98. The first-order valence-corrected chi connectivity index (χ1v) is 11.7. The summed E-state index contributed by atoms with van der Waals surface area (Å²) in [6.07, 6.45) is -2.02. The van der Waals surface area contributed by atoms with Crippen molar-refractivity contribution < 1.29 is 18.7 Å². The standard InChI is InChI=1S/C15H25BrFN3O4Si/c1-14(2,3)25(4,5)24-11-9(8-21)23-12(15(11,16)17)20-7-6-10(18)19-13(20)22/h6-7,9,11-12,21H,8H2,1-5H3,(H2,18,19,22)/t9-,11-,12-,15-/m1/s1. The molecule has 0 bridgehead atoms. The zero-order chi connectivity index (χ0) is 19.2. The van der Waals surface area contributed by atoms with E-state index in [1.54, 1.807) is 0 Å². The van der Waals surface area contributed by atoms with Gasteiger partial charge in [0.05, 0.1) is 6.61 Å². The van der Waals surface area contributed by atoms with Gasteiger partial charge < -0.3 is 20.0 Å². The van der Waals surface area contributed by atoms with Crippen molar-refractivity contribution >= 4 is 30.1 Å². The monoisotopic (exact) mass is 437 g/mol. The maximum absolute atomic E-state index is 15.6. The zero-order valence-corrected chi connectivity index (χ0v) is 17.6. The van der Waals surface area contributed by atoms with Crippen LogP contribution in [0.3, 0.4) is 0 Å². The fraction of sp³-hybridized carbons (Fsp3) is 0.733. The van der Waals surface area contributed by atoms with Crippen LogP contribution in [0.5, 0.6) is 0 Å². The molecule has 2 rings (SSSR count). The van der Waals surface area contributed by atoms with Crippen LogP contribution in [-0.2, 0) is 9.16 Å². The molecule has 1 saturated heterocycles. The summed E-state index contributed by atoms with van der Waals surface area (Å²) >= 11 is 3.04. The highest BCUT2D eigenvalue weighted by Crippen LogP contribution is 2.50. The number of aliphatic hydroxyl groups is 1. The molecule has 0 spiro atoms. The molecule has 25 heavy (non-hydrogen) atoms. The predicted octanol–water partition coefficient (Wildman–Crippen LogP) is 2.17. The zero-order valence-electron chi connectivity index (χ0n) is 15.0. The average molecular weight is 438 g/mol. The highest BCUT2D eigenvalue weighted by Gasteiger charge is 2.60. The summed E-state index contributed by atoms with van der Waals surface area (Å²) in [6.45, 7) is 9.61. The third-order valence-corrected chi connectivity index (χ3v) is 10.2. The first-order chi connectivity index (χ1) is 11.3. The van der Waals surface area contributed by atoms with E-state index >= 15 is 4.39 Å². The van der Waals surface area contributed by atoms with E-state index in [1.165, 1.54) is 12.3 Å². The lowest BCUT2D eigenvalue weighted by molar-refractivity contribution is -0.0496. The van der Waals surface area contributed by atoms with Crippen LogP contribution in [0.4, 0.5) is 10.2 Å². The van der Waals surface area contributed by atoms with Gasteiger partial charge in [0.25, 0.3) is 0 Å². The van der Waals surface area contributed by atoms with Gasteiger partial charge in [0.1, 0.15) is 18.0 Å². The van der Waals surface area contributed by atoms with Crippen molar-refractivity contribution in [2.75, 3.05) is 12.3 Å². The molecule has 1 fully saturated rings. The molecule has 7 nitrogen and oxygen atoms in total. The van der Waals surface area contributed by atoms with Crippen molar-refractivity contribution in [1.82, 2.24) is 9.55 Å². The number of halogens is 2.